The molecule has 0 unspecified atom stereocenters. The van der Waals surface area contributed by atoms with Crippen LogP contribution in [0.3, 0.4) is 0 Å². The molecule has 0 radical (unpaired) electrons. The topological polar surface area (TPSA) is 118 Å². The Morgan fingerprint density at radius 1 is 1.08 bits per heavy atom. The zero-order valence-electron chi connectivity index (χ0n) is 26.9. The Bertz CT molecular complexity index is 1820. The van der Waals surface area contributed by atoms with Gasteiger partial charge in [-0.25, -0.2) is 9.37 Å². The van der Waals surface area contributed by atoms with Crippen molar-refractivity contribution >= 4 is 23.4 Å². The molecule has 4 heterocycles. The average molecular weight is 655 g/mol. The monoisotopic (exact) mass is 654 g/mol. The number of carbonyl (C=O) groups is 3. The van der Waals surface area contributed by atoms with E-state index in [-0.39, 0.29) is 47.6 Å². The second-order valence-corrected chi connectivity index (χ2v) is 12.8. The van der Waals surface area contributed by atoms with Crippen LogP contribution in [0, 0.1) is 11.7 Å². The Balaban J connectivity index is 1.11. The van der Waals surface area contributed by atoms with Crippen molar-refractivity contribution in [1.82, 2.24) is 29.5 Å². The maximum atomic E-state index is 15.2. The first-order valence-electron chi connectivity index (χ1n) is 16.7. The molecule has 11 nitrogen and oxygen atoms in total. The highest BCUT2D eigenvalue weighted by atomic mass is 19.1. The lowest BCUT2D eigenvalue weighted by Gasteiger charge is -2.39. The molecule has 1 N–H and O–H groups in total. The van der Waals surface area contributed by atoms with E-state index < -0.39 is 11.9 Å². The van der Waals surface area contributed by atoms with Crippen LogP contribution >= 0.6 is 0 Å². The third kappa shape index (κ3) is 6.43. The van der Waals surface area contributed by atoms with Crippen LogP contribution in [0.15, 0.2) is 60.9 Å². The van der Waals surface area contributed by atoms with E-state index in [4.69, 9.17) is 9.47 Å². The van der Waals surface area contributed by atoms with Gasteiger partial charge in [0.05, 0.1) is 12.7 Å². The van der Waals surface area contributed by atoms with Gasteiger partial charge in [0.15, 0.2) is 23.3 Å². The summed E-state index contributed by atoms with van der Waals surface area (Å²) in [6.45, 7) is 1.86. The molecular formula is C36H39FN6O5. The summed E-state index contributed by atoms with van der Waals surface area (Å²) < 4.78 is 28.8. The quantitative estimate of drug-likeness (QED) is 0.262. The van der Waals surface area contributed by atoms with Gasteiger partial charge in [0.25, 0.3) is 11.8 Å². The molecule has 3 aliphatic rings. The highest BCUT2D eigenvalue weighted by Crippen LogP contribution is 2.40. The number of amides is 3. The number of benzene rings is 2. The van der Waals surface area contributed by atoms with Crippen molar-refractivity contribution in [3.05, 3.63) is 83.7 Å². The molecule has 2 atom stereocenters. The van der Waals surface area contributed by atoms with E-state index in [9.17, 15) is 14.4 Å². The molecule has 250 valence electrons. The van der Waals surface area contributed by atoms with Crippen LogP contribution in [0.25, 0.3) is 5.65 Å². The van der Waals surface area contributed by atoms with Gasteiger partial charge in [-0.05, 0) is 61.6 Å². The fraction of sp³-hybridized carbons (Fsp3) is 0.417. The van der Waals surface area contributed by atoms with Crippen LogP contribution in [0.2, 0.25) is 0 Å². The number of carbonyl (C=O) groups excluding carboxylic acids is 3. The molecule has 0 bridgehead atoms. The first kappa shape index (κ1) is 31.6. The lowest BCUT2D eigenvalue weighted by Crippen LogP contribution is -2.50. The van der Waals surface area contributed by atoms with Crippen LogP contribution in [-0.2, 0) is 16.0 Å². The number of nitrogens with zero attached hydrogens (tertiary/aromatic N) is 5. The number of ether oxygens (including phenoxy) is 2. The van der Waals surface area contributed by atoms with Crippen molar-refractivity contribution in [2.75, 3.05) is 33.2 Å². The summed E-state index contributed by atoms with van der Waals surface area (Å²) in [6.07, 6.45) is 8.28. The van der Waals surface area contributed by atoms with Crippen LogP contribution in [0.5, 0.6) is 17.4 Å². The van der Waals surface area contributed by atoms with Gasteiger partial charge in [-0.1, -0.05) is 36.8 Å². The van der Waals surface area contributed by atoms with Gasteiger partial charge in [-0.2, -0.15) is 4.98 Å². The van der Waals surface area contributed by atoms with E-state index in [2.05, 4.69) is 27.4 Å². The molecule has 2 aliphatic heterocycles. The Labute approximate surface area is 278 Å². The lowest BCUT2D eigenvalue weighted by molar-refractivity contribution is -0.145. The van der Waals surface area contributed by atoms with Gasteiger partial charge in [0.2, 0.25) is 17.6 Å². The molecule has 1 saturated heterocycles. The summed E-state index contributed by atoms with van der Waals surface area (Å²) in [4.78, 5) is 51.8. The Morgan fingerprint density at radius 2 is 1.88 bits per heavy atom. The van der Waals surface area contributed by atoms with Crippen LogP contribution in [0.1, 0.15) is 66.2 Å². The molecular weight excluding hydrogens is 615 g/mol. The van der Waals surface area contributed by atoms with E-state index in [1.54, 1.807) is 11.1 Å². The smallest absolute Gasteiger partial charge is 0.287 e. The Morgan fingerprint density at radius 3 is 2.60 bits per heavy atom. The average Bonchev–Trinajstić information content (AvgIpc) is 3.78. The molecule has 0 spiro atoms. The summed E-state index contributed by atoms with van der Waals surface area (Å²) in [5, 5.41) is 2.53. The zero-order chi connectivity index (χ0) is 33.2. The van der Waals surface area contributed by atoms with E-state index in [0.29, 0.717) is 55.4 Å². The van der Waals surface area contributed by atoms with Crippen LogP contribution in [-0.4, -0.2) is 81.2 Å². The third-order valence-electron chi connectivity index (χ3n) is 9.81. The van der Waals surface area contributed by atoms with Crippen molar-refractivity contribution < 1.29 is 28.2 Å². The predicted octanol–water partition coefficient (Wildman–Crippen LogP) is 4.75. The third-order valence-corrected chi connectivity index (χ3v) is 9.81. The largest absolute Gasteiger partial charge is 0.480 e. The number of aromatic nitrogens is 3. The number of hydrogen-bond donors (Lipinski definition) is 1. The summed E-state index contributed by atoms with van der Waals surface area (Å²) in [5.41, 5.74) is 2.16. The number of imidazole rings is 1. The van der Waals surface area contributed by atoms with Gasteiger partial charge < -0.3 is 24.6 Å². The molecule has 1 saturated carbocycles. The van der Waals surface area contributed by atoms with Crippen molar-refractivity contribution in [3.8, 4) is 17.4 Å². The summed E-state index contributed by atoms with van der Waals surface area (Å²) >= 11 is 0. The van der Waals surface area contributed by atoms with Crippen molar-refractivity contribution in [3.63, 3.8) is 0 Å². The van der Waals surface area contributed by atoms with Crippen LogP contribution in [0.4, 0.5) is 4.39 Å². The molecule has 7 rings (SSSR count). The van der Waals surface area contributed by atoms with Gasteiger partial charge in [-0.3, -0.25) is 18.8 Å². The number of aryl methyl sites for hydroxylation is 1. The summed E-state index contributed by atoms with van der Waals surface area (Å²) in [7, 11) is 1.51. The highest BCUT2D eigenvalue weighted by molar-refractivity contribution is 5.91. The molecule has 2 aromatic carbocycles. The van der Waals surface area contributed by atoms with E-state index in [1.165, 1.54) is 47.8 Å². The van der Waals surface area contributed by atoms with Gasteiger partial charge >= 0.3 is 0 Å². The number of likely N-dealkylation sites (tertiary alicyclic amines) is 1. The molecule has 4 aromatic rings. The predicted molar refractivity (Wildman–Crippen MR) is 175 cm³/mol. The maximum absolute atomic E-state index is 15.2. The summed E-state index contributed by atoms with van der Waals surface area (Å²) in [5.74, 6) is -0.165. The lowest BCUT2D eigenvalue weighted by atomic mass is 9.72. The van der Waals surface area contributed by atoms with Gasteiger partial charge in [0, 0.05) is 50.9 Å². The minimum absolute atomic E-state index is 0.00373. The molecule has 48 heavy (non-hydrogen) atoms. The van der Waals surface area contributed by atoms with Crippen LogP contribution < -0.4 is 14.8 Å². The van der Waals surface area contributed by atoms with Crippen molar-refractivity contribution in [2.45, 2.75) is 57.0 Å². The maximum Gasteiger partial charge on any atom is 0.287 e. The highest BCUT2D eigenvalue weighted by Gasteiger charge is 2.37. The fourth-order valence-corrected chi connectivity index (χ4v) is 6.92. The second kappa shape index (κ2) is 13.6. The number of halogens is 1. The van der Waals surface area contributed by atoms with Crippen molar-refractivity contribution in [2.24, 2.45) is 5.92 Å². The number of hydrogen-bond acceptors (Lipinski definition) is 7. The molecule has 2 aromatic heterocycles. The second-order valence-electron chi connectivity index (χ2n) is 12.8. The minimum Gasteiger partial charge on any atom is -0.480 e. The summed E-state index contributed by atoms with van der Waals surface area (Å²) in [6, 6.07) is 14.6. The molecule has 12 heteroatoms. The minimum atomic E-state index is -0.829. The zero-order valence-corrected chi connectivity index (χ0v) is 26.9. The standard InChI is InChI=1S/C36H39FN6O5/c1-38-35(45)34-39-20-31-40-32(14-17-43(31)34)48-30-19-29-25(18-27(30)37)12-13-28(47-29)36(46)42(22-33(44)41-15-5-6-16-41)21-26(24-10-7-11-24)23-8-3-2-4-9-23/h2-4,8-9,14,17-20,24,26,28H,5-7,10-13,15-16,21-22H2,1H3,(H,38,45)/t26-,28+/m0/s1. The fourth-order valence-electron chi connectivity index (χ4n) is 6.92. The SMILES string of the molecule is CNC(=O)c1ncc2nc(Oc3cc4c(cc3F)CC[C@H](C(=O)N(CC(=O)N3CCCC3)C[C@@H](c3ccccc3)C3CCC3)O4)ccn12. The number of nitrogens with one attached hydrogen (secondary N) is 1. The van der Waals surface area contributed by atoms with E-state index in [1.807, 2.05) is 23.1 Å². The first-order chi connectivity index (χ1) is 23.4. The Hall–Kier alpha value is -5.00. The van der Waals surface area contributed by atoms with Gasteiger partial charge in [-0.15, -0.1) is 0 Å². The molecule has 3 amide bonds. The number of rotatable bonds is 10. The van der Waals surface area contributed by atoms with E-state index in [0.717, 1.165) is 25.7 Å². The first-order valence-corrected chi connectivity index (χ1v) is 16.7. The normalized spacial score (nSPS) is 18.0. The van der Waals surface area contributed by atoms with E-state index >= 15 is 4.39 Å². The van der Waals surface area contributed by atoms with Crippen molar-refractivity contribution in [1.29, 1.82) is 0 Å². The Kier molecular flexibility index (Phi) is 8.96. The molecule has 1 aliphatic carbocycles. The van der Waals surface area contributed by atoms with Gasteiger partial charge in [0.1, 0.15) is 5.75 Å². The molecule has 2 fully saturated rings. The number of fused-ring (bicyclic) bond motifs is 2.